The van der Waals surface area contributed by atoms with Crippen molar-refractivity contribution in [3.63, 3.8) is 0 Å². The summed E-state index contributed by atoms with van der Waals surface area (Å²) in [6.45, 7) is 8.86. The van der Waals surface area contributed by atoms with Gasteiger partial charge < -0.3 is 24.2 Å². The van der Waals surface area contributed by atoms with E-state index in [4.69, 9.17) is 14.2 Å². The van der Waals surface area contributed by atoms with Crippen LogP contribution in [0.3, 0.4) is 0 Å². The molecule has 1 amide bonds. The predicted octanol–water partition coefficient (Wildman–Crippen LogP) is 4.41. The van der Waals surface area contributed by atoms with Gasteiger partial charge >= 0.3 is 0 Å². The lowest BCUT2D eigenvalue weighted by Crippen LogP contribution is -2.42. The number of ether oxygens (including phenoxy) is 3. The van der Waals surface area contributed by atoms with Gasteiger partial charge in [-0.1, -0.05) is 56.2 Å². The summed E-state index contributed by atoms with van der Waals surface area (Å²) in [7, 11) is 0. The van der Waals surface area contributed by atoms with Crippen molar-refractivity contribution in [1.29, 1.82) is 0 Å². The highest BCUT2D eigenvalue weighted by Crippen LogP contribution is 2.42. The Kier molecular flexibility index (Phi) is 9.79. The minimum atomic E-state index is -0.746. The van der Waals surface area contributed by atoms with Crippen LogP contribution in [0, 0.1) is 0 Å². The topological polar surface area (TPSA) is 88.5 Å². The number of Topliss-reactive ketones (excluding diaryl/α,β-unsaturated/α-hetero) is 1. The fraction of sp³-hybridized carbons (Fsp3) is 0.467. The van der Waals surface area contributed by atoms with E-state index < -0.39 is 17.7 Å². The molecule has 2 heterocycles. The number of nitrogens with zero attached hydrogens (tertiary/aromatic N) is 2. The molecule has 38 heavy (non-hydrogen) atoms. The molecule has 2 aromatic rings. The van der Waals surface area contributed by atoms with Crippen molar-refractivity contribution < 1.29 is 28.9 Å². The second-order valence-corrected chi connectivity index (χ2v) is 9.51. The maximum Gasteiger partial charge on any atom is 0.295 e. The number of carbonyl (C=O) groups excluding carboxylic acids is 2. The molecule has 2 aromatic carbocycles. The third kappa shape index (κ3) is 6.37. The molecule has 2 saturated heterocycles. The number of rotatable bonds is 12. The maximum atomic E-state index is 13.3. The zero-order valence-electron chi connectivity index (χ0n) is 22.4. The van der Waals surface area contributed by atoms with Crippen molar-refractivity contribution in [3.05, 3.63) is 65.2 Å². The van der Waals surface area contributed by atoms with Gasteiger partial charge in [-0.3, -0.25) is 14.5 Å². The van der Waals surface area contributed by atoms with Crippen molar-refractivity contribution in [2.75, 3.05) is 52.6 Å². The van der Waals surface area contributed by atoms with Crippen molar-refractivity contribution in [2.24, 2.45) is 0 Å². The number of amides is 1. The minimum absolute atomic E-state index is 0.0854. The van der Waals surface area contributed by atoms with Gasteiger partial charge in [-0.05, 0) is 31.0 Å². The maximum absolute atomic E-state index is 13.3. The van der Waals surface area contributed by atoms with Crippen molar-refractivity contribution >= 4 is 17.4 Å². The number of morpholine rings is 1. The molecule has 2 aliphatic heterocycles. The van der Waals surface area contributed by atoms with Gasteiger partial charge in [-0.15, -0.1) is 0 Å². The number of unbranched alkanes of at least 4 members (excludes halogenated alkanes) is 2. The van der Waals surface area contributed by atoms with Crippen LogP contribution in [0.25, 0.3) is 5.76 Å². The molecule has 204 valence electrons. The lowest BCUT2D eigenvalue weighted by molar-refractivity contribution is -0.140. The summed E-state index contributed by atoms with van der Waals surface area (Å²) in [5.74, 6) is -0.296. The van der Waals surface area contributed by atoms with Gasteiger partial charge in [0, 0.05) is 31.7 Å². The molecule has 0 aliphatic carbocycles. The molecule has 4 rings (SSSR count). The van der Waals surface area contributed by atoms with Gasteiger partial charge in [0.25, 0.3) is 11.7 Å². The van der Waals surface area contributed by atoms with Crippen LogP contribution in [-0.4, -0.2) is 79.2 Å². The Morgan fingerprint density at radius 1 is 0.974 bits per heavy atom. The van der Waals surface area contributed by atoms with Gasteiger partial charge in [-0.2, -0.15) is 0 Å². The molecule has 1 atom stereocenters. The van der Waals surface area contributed by atoms with E-state index >= 15 is 0 Å². The van der Waals surface area contributed by atoms with Crippen LogP contribution in [0.2, 0.25) is 0 Å². The summed E-state index contributed by atoms with van der Waals surface area (Å²) in [5, 5.41) is 11.3. The fourth-order valence-corrected chi connectivity index (χ4v) is 4.90. The largest absolute Gasteiger partial charge is 0.507 e. The van der Waals surface area contributed by atoms with E-state index in [0.717, 1.165) is 32.4 Å². The van der Waals surface area contributed by atoms with E-state index in [9.17, 15) is 14.7 Å². The Morgan fingerprint density at radius 2 is 1.74 bits per heavy atom. The normalized spacial score (nSPS) is 19.6. The van der Waals surface area contributed by atoms with Gasteiger partial charge in [0.05, 0.1) is 38.0 Å². The van der Waals surface area contributed by atoms with Crippen molar-refractivity contribution in [2.45, 2.75) is 39.2 Å². The molecule has 0 spiro atoms. The Morgan fingerprint density at radius 3 is 2.45 bits per heavy atom. The third-order valence-corrected chi connectivity index (χ3v) is 6.94. The Labute approximate surface area is 224 Å². The Balaban J connectivity index is 1.71. The lowest BCUT2D eigenvalue weighted by atomic mass is 9.95. The first-order valence-corrected chi connectivity index (χ1v) is 13.6. The molecule has 1 unspecified atom stereocenters. The molecule has 2 fully saturated rings. The molecular formula is C30H38N2O6. The third-order valence-electron chi connectivity index (χ3n) is 6.94. The summed E-state index contributed by atoms with van der Waals surface area (Å²) >= 11 is 0. The van der Waals surface area contributed by atoms with E-state index in [1.807, 2.05) is 31.2 Å². The number of benzene rings is 2. The first-order valence-electron chi connectivity index (χ1n) is 13.6. The van der Waals surface area contributed by atoms with Crippen LogP contribution in [0.1, 0.15) is 50.3 Å². The minimum Gasteiger partial charge on any atom is -0.507 e. The molecule has 0 aromatic heterocycles. The number of aliphatic hydroxyl groups is 1. The highest BCUT2D eigenvalue weighted by molar-refractivity contribution is 6.46. The summed E-state index contributed by atoms with van der Waals surface area (Å²) in [6, 6.07) is 13.6. The van der Waals surface area contributed by atoms with E-state index in [1.54, 1.807) is 29.2 Å². The molecule has 0 radical (unpaired) electrons. The molecule has 8 heteroatoms. The molecule has 8 nitrogen and oxygen atoms in total. The standard InChI is InChI=1S/C30H38N2O6/c1-3-5-9-18-38-24-13-12-23(21-25(24)37-4-2)27-26(28(33)22-10-7-6-8-11-22)29(34)30(35)32(27)15-14-31-16-19-36-20-17-31/h6-8,10-13,21,27,33H,3-5,9,14-20H2,1-2H3/b28-26+. The second kappa shape index (κ2) is 13.4. The van der Waals surface area contributed by atoms with Gasteiger partial charge in [0.15, 0.2) is 11.5 Å². The number of likely N-dealkylation sites (tertiary alicyclic amines) is 1. The fourth-order valence-electron chi connectivity index (χ4n) is 4.90. The van der Waals surface area contributed by atoms with Crippen LogP contribution in [0.15, 0.2) is 54.1 Å². The Hall–Kier alpha value is -3.36. The lowest BCUT2D eigenvalue weighted by Gasteiger charge is -2.31. The molecule has 1 N–H and O–H groups in total. The zero-order valence-corrected chi connectivity index (χ0v) is 22.4. The van der Waals surface area contributed by atoms with E-state index in [2.05, 4.69) is 11.8 Å². The zero-order chi connectivity index (χ0) is 26.9. The average molecular weight is 523 g/mol. The number of aliphatic hydroxyl groups excluding tert-OH is 1. The van der Waals surface area contributed by atoms with E-state index in [0.29, 0.717) is 62.1 Å². The summed E-state index contributed by atoms with van der Waals surface area (Å²) in [4.78, 5) is 30.5. The number of hydrogen-bond donors (Lipinski definition) is 1. The molecule has 0 saturated carbocycles. The van der Waals surface area contributed by atoms with Gasteiger partial charge in [0.2, 0.25) is 0 Å². The molecule has 2 aliphatic rings. The van der Waals surface area contributed by atoms with Crippen LogP contribution in [-0.2, 0) is 14.3 Å². The average Bonchev–Trinajstić information content (AvgIpc) is 3.20. The van der Waals surface area contributed by atoms with Gasteiger partial charge in [0.1, 0.15) is 5.76 Å². The Bertz CT molecular complexity index is 1130. The number of ketones is 1. The quantitative estimate of drug-likeness (QED) is 0.191. The van der Waals surface area contributed by atoms with Crippen LogP contribution in [0.4, 0.5) is 0 Å². The molecular weight excluding hydrogens is 484 g/mol. The summed E-state index contributed by atoms with van der Waals surface area (Å²) in [6.07, 6.45) is 3.13. The number of carbonyl (C=O) groups is 2. The first kappa shape index (κ1) is 27.7. The predicted molar refractivity (Wildman–Crippen MR) is 145 cm³/mol. The van der Waals surface area contributed by atoms with Gasteiger partial charge in [-0.25, -0.2) is 0 Å². The first-order chi connectivity index (χ1) is 18.5. The molecule has 0 bridgehead atoms. The van der Waals surface area contributed by atoms with Crippen LogP contribution >= 0.6 is 0 Å². The van der Waals surface area contributed by atoms with Crippen LogP contribution in [0.5, 0.6) is 11.5 Å². The summed E-state index contributed by atoms with van der Waals surface area (Å²) in [5.41, 5.74) is 1.26. The van der Waals surface area contributed by atoms with Crippen LogP contribution < -0.4 is 9.47 Å². The number of hydrogen-bond acceptors (Lipinski definition) is 7. The highest BCUT2D eigenvalue weighted by atomic mass is 16.5. The van der Waals surface area contributed by atoms with Crippen molar-refractivity contribution in [1.82, 2.24) is 9.80 Å². The van der Waals surface area contributed by atoms with Crippen molar-refractivity contribution in [3.8, 4) is 11.5 Å². The summed E-state index contributed by atoms with van der Waals surface area (Å²) < 4.78 is 17.3. The SMILES string of the molecule is CCCCCOc1ccc(C2/C(=C(\O)c3ccccc3)C(=O)C(=O)N2CCN2CCOCC2)cc1OCC. The van der Waals surface area contributed by atoms with E-state index in [-0.39, 0.29) is 11.3 Å². The monoisotopic (exact) mass is 522 g/mol. The highest BCUT2D eigenvalue weighted by Gasteiger charge is 2.46. The smallest absolute Gasteiger partial charge is 0.295 e. The second-order valence-electron chi connectivity index (χ2n) is 9.51. The van der Waals surface area contributed by atoms with E-state index in [1.165, 1.54) is 0 Å².